The third-order valence-corrected chi connectivity index (χ3v) is 5.00. The smallest absolute Gasteiger partial charge is 0.233 e. The van der Waals surface area contributed by atoms with Gasteiger partial charge in [0.05, 0.1) is 30.1 Å². The number of rotatable bonds is 3. The second-order valence-corrected chi connectivity index (χ2v) is 6.83. The first-order valence-corrected chi connectivity index (χ1v) is 8.87. The number of nitrogens with one attached hydrogen (secondary N) is 3. The second-order valence-electron chi connectivity index (χ2n) is 6.83. The van der Waals surface area contributed by atoms with E-state index in [0.717, 1.165) is 16.8 Å². The van der Waals surface area contributed by atoms with Gasteiger partial charge in [0, 0.05) is 42.3 Å². The number of halogens is 1. The quantitative estimate of drug-likeness (QED) is 0.618. The molecule has 8 nitrogen and oxygen atoms in total. The first kappa shape index (κ1) is 17.9. The molecular weight excluding hydrogens is 349 g/mol. The summed E-state index contributed by atoms with van der Waals surface area (Å²) in [6.45, 7) is 2.31. The predicted octanol–water partition coefficient (Wildman–Crippen LogP) is 0.379. The number of nitrogens with zero attached hydrogens (tertiary/aromatic N) is 3. The van der Waals surface area contributed by atoms with Crippen LogP contribution in [0.2, 0.25) is 0 Å². The van der Waals surface area contributed by atoms with Crippen LogP contribution < -0.4 is 21.8 Å². The van der Waals surface area contributed by atoms with E-state index in [4.69, 9.17) is 5.73 Å². The van der Waals surface area contributed by atoms with Gasteiger partial charge in [-0.2, -0.15) is 0 Å². The molecule has 4 unspecified atom stereocenters. The largest absolute Gasteiger partial charge is 0.324 e. The molecule has 2 aromatic rings. The van der Waals surface area contributed by atoms with Crippen molar-refractivity contribution in [3.05, 3.63) is 42.5 Å². The van der Waals surface area contributed by atoms with Gasteiger partial charge in [-0.3, -0.25) is 20.1 Å². The van der Waals surface area contributed by atoms with Gasteiger partial charge in [0.25, 0.3) is 0 Å². The summed E-state index contributed by atoms with van der Waals surface area (Å²) in [5, 5.41) is 7.66. The fourth-order valence-corrected chi connectivity index (χ4v) is 3.69. The third kappa shape index (κ3) is 3.42. The zero-order valence-electron chi connectivity index (χ0n) is 14.9. The molecule has 0 bridgehead atoms. The molecule has 4 rings (SSSR count). The van der Waals surface area contributed by atoms with Crippen molar-refractivity contribution < 1.29 is 9.18 Å². The highest BCUT2D eigenvalue weighted by Gasteiger charge is 2.47. The lowest BCUT2D eigenvalue weighted by molar-refractivity contribution is -0.121. The number of nitrogens with two attached hydrogens (primary N) is 1. The van der Waals surface area contributed by atoms with Crippen molar-refractivity contribution in [1.29, 1.82) is 0 Å². The van der Waals surface area contributed by atoms with Crippen LogP contribution in [0.25, 0.3) is 11.1 Å². The molecule has 27 heavy (non-hydrogen) atoms. The van der Waals surface area contributed by atoms with Crippen LogP contribution in [0.1, 0.15) is 5.69 Å². The van der Waals surface area contributed by atoms with Gasteiger partial charge >= 0.3 is 0 Å². The predicted molar refractivity (Wildman–Crippen MR) is 98.8 cm³/mol. The van der Waals surface area contributed by atoms with Crippen LogP contribution in [0.4, 0.5) is 10.1 Å². The maximum atomic E-state index is 13.6. The Morgan fingerprint density at radius 3 is 3.04 bits per heavy atom. The van der Waals surface area contributed by atoms with E-state index < -0.39 is 18.3 Å². The van der Waals surface area contributed by atoms with E-state index >= 15 is 0 Å². The van der Waals surface area contributed by atoms with E-state index in [0.29, 0.717) is 5.69 Å². The Morgan fingerprint density at radius 2 is 2.22 bits per heavy atom. The van der Waals surface area contributed by atoms with Gasteiger partial charge in [0.1, 0.15) is 6.17 Å². The number of alkyl halides is 1. The van der Waals surface area contributed by atoms with E-state index in [1.54, 1.807) is 23.6 Å². The molecule has 0 aromatic carbocycles. The van der Waals surface area contributed by atoms with Gasteiger partial charge in [0.2, 0.25) is 5.91 Å². The molecule has 0 aliphatic carbocycles. The first-order valence-electron chi connectivity index (χ1n) is 8.87. The zero-order chi connectivity index (χ0) is 19.0. The molecule has 1 amide bonds. The second kappa shape index (κ2) is 7.28. The number of hydrogen-bond acceptors (Lipinski definition) is 7. The van der Waals surface area contributed by atoms with E-state index in [-0.39, 0.29) is 25.2 Å². The van der Waals surface area contributed by atoms with E-state index in [9.17, 15) is 9.18 Å². The molecule has 0 radical (unpaired) electrons. The van der Waals surface area contributed by atoms with E-state index in [2.05, 4.69) is 26.0 Å². The maximum absolute atomic E-state index is 13.6. The fourth-order valence-electron chi connectivity index (χ4n) is 3.69. The fraction of sp³-hybridized carbons (Fsp3) is 0.389. The van der Waals surface area contributed by atoms with Crippen molar-refractivity contribution in [1.82, 2.24) is 25.7 Å². The molecular formula is C18H22FN7O. The van der Waals surface area contributed by atoms with Crippen molar-refractivity contribution in [2.75, 3.05) is 18.4 Å². The highest BCUT2D eigenvalue weighted by molar-refractivity contribution is 5.97. The highest BCUT2D eigenvalue weighted by atomic mass is 19.1. The summed E-state index contributed by atoms with van der Waals surface area (Å²) in [4.78, 5) is 21.4. The van der Waals surface area contributed by atoms with Gasteiger partial charge in [-0.25, -0.2) is 14.8 Å². The Balaban J connectivity index is 1.58. The summed E-state index contributed by atoms with van der Waals surface area (Å²) in [6.07, 6.45) is 3.05. The number of anilines is 1. The summed E-state index contributed by atoms with van der Waals surface area (Å²) in [5.74, 6) is -0.816. The van der Waals surface area contributed by atoms with Gasteiger partial charge in [-0.15, -0.1) is 0 Å². The van der Waals surface area contributed by atoms with Crippen LogP contribution in [0.3, 0.4) is 0 Å². The number of hydrazine groups is 1. The molecule has 2 aliphatic heterocycles. The minimum absolute atomic E-state index is 0.197. The van der Waals surface area contributed by atoms with E-state index in [1.165, 1.54) is 0 Å². The number of amides is 1. The van der Waals surface area contributed by atoms with Crippen LogP contribution in [-0.2, 0) is 4.79 Å². The highest BCUT2D eigenvalue weighted by Crippen LogP contribution is 2.30. The standard InChI is InChI=1S/C18H22FN7O/c1-10-12(3-2-5-22-10)13-4-6-21-8-14(13)24-18(27)15-16(20)25-26-9-11(19)7-23-17(15)26/h2-6,8,11,15-17,23,25H,7,9,20H2,1H3,(H,24,27). The van der Waals surface area contributed by atoms with Crippen LogP contribution in [0.5, 0.6) is 0 Å². The Labute approximate surface area is 156 Å². The van der Waals surface area contributed by atoms with Crippen molar-refractivity contribution in [2.24, 2.45) is 11.7 Å². The third-order valence-electron chi connectivity index (χ3n) is 5.00. The first-order chi connectivity index (χ1) is 13.0. The van der Waals surface area contributed by atoms with Crippen LogP contribution in [-0.4, -0.2) is 52.5 Å². The lowest BCUT2D eigenvalue weighted by atomic mass is 10.0. The molecule has 0 spiro atoms. The summed E-state index contributed by atoms with van der Waals surface area (Å²) >= 11 is 0. The Kier molecular flexibility index (Phi) is 4.83. The number of fused-ring (bicyclic) bond motifs is 1. The molecule has 2 saturated heterocycles. The summed E-state index contributed by atoms with van der Waals surface area (Å²) in [6, 6.07) is 5.63. The molecule has 0 saturated carbocycles. The average Bonchev–Trinajstić information content (AvgIpc) is 2.97. The number of carbonyl (C=O) groups is 1. The van der Waals surface area contributed by atoms with Crippen LogP contribution >= 0.6 is 0 Å². The van der Waals surface area contributed by atoms with Crippen LogP contribution in [0, 0.1) is 12.8 Å². The molecule has 2 fully saturated rings. The molecule has 9 heteroatoms. The lowest BCUT2D eigenvalue weighted by Crippen LogP contribution is -2.58. The minimum atomic E-state index is -0.999. The number of carbonyl (C=O) groups excluding carboxylic acids is 1. The van der Waals surface area contributed by atoms with Crippen molar-refractivity contribution >= 4 is 11.6 Å². The molecule has 5 N–H and O–H groups in total. The van der Waals surface area contributed by atoms with Gasteiger partial charge < -0.3 is 11.1 Å². The average molecular weight is 371 g/mol. The summed E-state index contributed by atoms with van der Waals surface area (Å²) in [7, 11) is 0. The van der Waals surface area contributed by atoms with Gasteiger partial charge in [-0.05, 0) is 19.1 Å². The molecule has 142 valence electrons. The van der Waals surface area contributed by atoms with Crippen LogP contribution in [0.15, 0.2) is 36.8 Å². The van der Waals surface area contributed by atoms with Crippen molar-refractivity contribution in [3.8, 4) is 11.1 Å². The lowest BCUT2D eigenvalue weighted by Gasteiger charge is -2.33. The topological polar surface area (TPSA) is 108 Å². The summed E-state index contributed by atoms with van der Waals surface area (Å²) < 4.78 is 13.6. The number of hydrogen-bond donors (Lipinski definition) is 4. The van der Waals surface area contributed by atoms with Gasteiger partial charge in [0.15, 0.2) is 0 Å². The molecule has 2 aromatic heterocycles. The Hall–Kier alpha value is -2.46. The molecule has 4 heterocycles. The van der Waals surface area contributed by atoms with Gasteiger partial charge in [-0.1, -0.05) is 6.07 Å². The monoisotopic (exact) mass is 371 g/mol. The normalized spacial score (nSPS) is 28.0. The minimum Gasteiger partial charge on any atom is -0.324 e. The SMILES string of the molecule is Cc1ncccc1-c1ccncc1NC(=O)C1C(N)NN2CC(F)CNC12. The molecule has 2 aliphatic rings. The Bertz CT molecular complexity index is 848. The number of aryl methyl sites for hydroxylation is 1. The molecule has 4 atom stereocenters. The van der Waals surface area contributed by atoms with Crippen molar-refractivity contribution in [2.45, 2.75) is 25.4 Å². The number of pyridine rings is 2. The Morgan fingerprint density at radius 1 is 1.37 bits per heavy atom. The summed E-state index contributed by atoms with van der Waals surface area (Å²) in [5.41, 5.74) is 12.3. The zero-order valence-corrected chi connectivity index (χ0v) is 14.9. The van der Waals surface area contributed by atoms with Crippen molar-refractivity contribution in [3.63, 3.8) is 0 Å². The maximum Gasteiger partial charge on any atom is 0.233 e. The number of aromatic nitrogens is 2. The van der Waals surface area contributed by atoms with E-state index in [1.807, 2.05) is 25.1 Å².